The fraction of sp³-hybridized carbons (Fsp3) is 0.417. The van der Waals surface area contributed by atoms with Crippen LogP contribution in [0.1, 0.15) is 35.2 Å². The van der Waals surface area contributed by atoms with Crippen molar-refractivity contribution in [1.82, 2.24) is 20.2 Å². The molecule has 21 heavy (non-hydrogen) atoms. The van der Waals surface area contributed by atoms with Crippen molar-refractivity contribution in [2.24, 2.45) is 0 Å². The molecule has 2 aromatic heterocycles. The molecule has 0 saturated carbocycles. The van der Waals surface area contributed by atoms with Gasteiger partial charge in [0.15, 0.2) is 5.69 Å². The van der Waals surface area contributed by atoms with E-state index in [2.05, 4.69) is 20.8 Å². The van der Waals surface area contributed by atoms with Crippen LogP contribution >= 0.6 is 0 Å². The van der Waals surface area contributed by atoms with Crippen molar-refractivity contribution >= 4 is 17.8 Å². The number of aromatic nitrogens is 4. The molecule has 0 atom stereocenters. The maximum Gasteiger partial charge on any atom is 0.358 e. The molecule has 0 aliphatic rings. The zero-order chi connectivity index (χ0) is 15.4. The van der Waals surface area contributed by atoms with Crippen LogP contribution in [0.4, 0.5) is 5.88 Å². The van der Waals surface area contributed by atoms with E-state index in [-0.39, 0.29) is 18.1 Å². The number of carboxylic acid groups (broad SMARTS) is 1. The fourth-order valence-corrected chi connectivity index (χ4v) is 1.85. The molecule has 9 nitrogen and oxygen atoms in total. The number of anilines is 1. The Morgan fingerprint density at radius 3 is 2.81 bits per heavy atom. The van der Waals surface area contributed by atoms with Gasteiger partial charge in [-0.2, -0.15) is 0 Å². The van der Waals surface area contributed by atoms with E-state index in [0.717, 1.165) is 6.42 Å². The molecule has 0 fully saturated rings. The average molecular weight is 293 g/mol. The number of carbonyl (C=O) groups is 2. The molecular weight excluding hydrogens is 278 g/mol. The third-order valence-electron chi connectivity index (χ3n) is 2.71. The van der Waals surface area contributed by atoms with Gasteiger partial charge in [-0.25, -0.2) is 9.48 Å². The first-order chi connectivity index (χ1) is 10.0. The molecule has 2 heterocycles. The Hall–Kier alpha value is -2.71. The number of hydrogen-bond donors (Lipinski definition) is 2. The van der Waals surface area contributed by atoms with Gasteiger partial charge in [0.2, 0.25) is 11.8 Å². The van der Waals surface area contributed by atoms with Crippen molar-refractivity contribution in [2.75, 3.05) is 5.32 Å². The van der Waals surface area contributed by atoms with Crippen LogP contribution in [0.3, 0.4) is 0 Å². The largest absolute Gasteiger partial charge is 0.476 e. The second kappa shape index (κ2) is 6.16. The summed E-state index contributed by atoms with van der Waals surface area (Å²) < 4.78 is 6.16. The van der Waals surface area contributed by atoms with Crippen molar-refractivity contribution in [3.63, 3.8) is 0 Å². The average Bonchev–Trinajstić information content (AvgIpc) is 2.97. The summed E-state index contributed by atoms with van der Waals surface area (Å²) in [6, 6.07) is 1.58. The van der Waals surface area contributed by atoms with E-state index in [1.165, 1.54) is 4.68 Å². The number of rotatable bonds is 6. The molecule has 0 saturated heterocycles. The highest BCUT2D eigenvalue weighted by Crippen LogP contribution is 2.11. The normalized spacial score (nSPS) is 10.6. The number of amides is 1. The molecule has 0 aromatic carbocycles. The van der Waals surface area contributed by atoms with Gasteiger partial charge in [-0.15, -0.1) is 5.10 Å². The van der Waals surface area contributed by atoms with E-state index >= 15 is 0 Å². The number of nitrogens with zero attached hydrogens (tertiary/aromatic N) is 4. The lowest BCUT2D eigenvalue weighted by Gasteiger charge is -2.05. The number of aromatic carboxylic acids is 1. The summed E-state index contributed by atoms with van der Waals surface area (Å²) in [5.74, 6) is -1.32. The summed E-state index contributed by atoms with van der Waals surface area (Å²) in [4.78, 5) is 22.9. The highest BCUT2D eigenvalue weighted by molar-refractivity contribution is 5.90. The van der Waals surface area contributed by atoms with Gasteiger partial charge in [-0.1, -0.05) is 23.7 Å². The van der Waals surface area contributed by atoms with E-state index in [9.17, 15) is 9.59 Å². The minimum atomic E-state index is -1.16. The van der Waals surface area contributed by atoms with Crippen molar-refractivity contribution in [1.29, 1.82) is 0 Å². The Bertz CT molecular complexity index is 660. The van der Waals surface area contributed by atoms with Crippen LogP contribution in [0, 0.1) is 6.92 Å². The monoisotopic (exact) mass is 293 g/mol. The van der Waals surface area contributed by atoms with Crippen molar-refractivity contribution < 1.29 is 19.2 Å². The molecule has 0 radical (unpaired) electrons. The highest BCUT2D eigenvalue weighted by Gasteiger charge is 2.19. The quantitative estimate of drug-likeness (QED) is 0.809. The molecule has 2 aromatic rings. The fourth-order valence-electron chi connectivity index (χ4n) is 1.85. The first kappa shape index (κ1) is 14.7. The smallest absolute Gasteiger partial charge is 0.358 e. The summed E-state index contributed by atoms with van der Waals surface area (Å²) in [5, 5.41) is 22.5. The Labute approximate surface area is 119 Å². The Balaban J connectivity index is 2.11. The lowest BCUT2D eigenvalue weighted by atomic mass is 10.2. The van der Waals surface area contributed by atoms with E-state index in [0.29, 0.717) is 17.8 Å². The summed E-state index contributed by atoms with van der Waals surface area (Å²) in [5.41, 5.74) is 0.944. The zero-order valence-corrected chi connectivity index (χ0v) is 11.7. The number of carboxylic acids is 1. The second-order valence-electron chi connectivity index (χ2n) is 4.48. The Kier molecular flexibility index (Phi) is 4.31. The van der Waals surface area contributed by atoms with E-state index < -0.39 is 11.9 Å². The molecule has 0 aliphatic carbocycles. The summed E-state index contributed by atoms with van der Waals surface area (Å²) in [6.07, 6.45) is 1.19. The number of aryl methyl sites for hydroxylation is 1. The maximum atomic E-state index is 11.9. The first-order valence-corrected chi connectivity index (χ1v) is 6.40. The van der Waals surface area contributed by atoms with Crippen LogP contribution < -0.4 is 5.32 Å². The van der Waals surface area contributed by atoms with Gasteiger partial charge in [-0.05, 0) is 13.3 Å². The minimum Gasteiger partial charge on any atom is -0.476 e. The molecule has 0 spiro atoms. The lowest BCUT2D eigenvalue weighted by molar-refractivity contribution is -0.117. The topological polar surface area (TPSA) is 123 Å². The van der Waals surface area contributed by atoms with Gasteiger partial charge in [0, 0.05) is 6.07 Å². The summed E-state index contributed by atoms with van der Waals surface area (Å²) in [6.45, 7) is 3.49. The first-order valence-electron chi connectivity index (χ1n) is 6.40. The number of hydrogen-bond acceptors (Lipinski definition) is 6. The third-order valence-corrected chi connectivity index (χ3v) is 2.71. The Morgan fingerprint density at radius 1 is 1.48 bits per heavy atom. The van der Waals surface area contributed by atoms with Crippen molar-refractivity contribution in [3.05, 3.63) is 23.1 Å². The van der Waals surface area contributed by atoms with Crippen LogP contribution in [0.25, 0.3) is 0 Å². The molecule has 112 valence electrons. The van der Waals surface area contributed by atoms with Gasteiger partial charge in [-0.3, -0.25) is 10.1 Å². The van der Waals surface area contributed by atoms with Gasteiger partial charge < -0.3 is 9.63 Å². The van der Waals surface area contributed by atoms with Crippen LogP contribution in [0.2, 0.25) is 0 Å². The highest BCUT2D eigenvalue weighted by atomic mass is 16.5. The van der Waals surface area contributed by atoms with Gasteiger partial charge in [0.1, 0.15) is 6.54 Å². The number of nitrogens with one attached hydrogen (secondary N) is 1. The van der Waals surface area contributed by atoms with E-state index in [4.69, 9.17) is 9.63 Å². The maximum absolute atomic E-state index is 11.9. The van der Waals surface area contributed by atoms with Gasteiger partial charge >= 0.3 is 5.97 Å². The zero-order valence-electron chi connectivity index (χ0n) is 11.7. The molecule has 2 rings (SSSR count). The summed E-state index contributed by atoms with van der Waals surface area (Å²) in [7, 11) is 0. The molecule has 0 unspecified atom stereocenters. The van der Waals surface area contributed by atoms with Gasteiger partial charge in [0.25, 0.3) is 0 Å². The lowest BCUT2D eigenvalue weighted by Crippen LogP contribution is -2.21. The molecule has 2 N–H and O–H groups in total. The molecule has 9 heteroatoms. The standard InChI is InChI=1S/C12H15N5O4/c1-3-4-8-11(12(19)20)14-16-17(8)6-9(18)13-10-5-7(2)15-21-10/h5H,3-4,6H2,1-2H3,(H,13,18)(H,19,20). The minimum absolute atomic E-state index is 0.125. The van der Waals surface area contributed by atoms with Crippen LogP contribution in [-0.2, 0) is 17.8 Å². The molecule has 0 bridgehead atoms. The van der Waals surface area contributed by atoms with Crippen molar-refractivity contribution in [3.8, 4) is 0 Å². The SMILES string of the molecule is CCCc1c(C(=O)O)nnn1CC(=O)Nc1cc(C)no1. The van der Waals surface area contributed by atoms with Crippen LogP contribution in [0.5, 0.6) is 0 Å². The van der Waals surface area contributed by atoms with E-state index in [1.54, 1.807) is 13.0 Å². The Morgan fingerprint density at radius 2 is 2.24 bits per heavy atom. The van der Waals surface area contributed by atoms with E-state index in [1.807, 2.05) is 6.92 Å². The predicted octanol–water partition coefficient (Wildman–Crippen LogP) is 0.864. The van der Waals surface area contributed by atoms with Crippen molar-refractivity contribution in [2.45, 2.75) is 33.2 Å². The molecule has 1 amide bonds. The second-order valence-corrected chi connectivity index (χ2v) is 4.48. The van der Waals surface area contributed by atoms with Gasteiger partial charge in [0.05, 0.1) is 11.4 Å². The van der Waals surface area contributed by atoms with Crippen LogP contribution in [0.15, 0.2) is 10.6 Å². The summed E-state index contributed by atoms with van der Waals surface area (Å²) >= 11 is 0. The third kappa shape index (κ3) is 3.44. The van der Waals surface area contributed by atoms with Crippen LogP contribution in [-0.4, -0.2) is 37.1 Å². The number of carbonyl (C=O) groups excluding carboxylic acids is 1. The molecule has 0 aliphatic heterocycles. The predicted molar refractivity (Wildman–Crippen MR) is 70.8 cm³/mol. The molecular formula is C12H15N5O4.